The summed E-state index contributed by atoms with van der Waals surface area (Å²) in [6.07, 6.45) is 1.88. The standard InChI is InChI=1S/C8H12N4O2S/c9-5(7(10)14)2-4-15-8-11-3-1-6(13)12-8/h1,3,5H,2,4,9H2,(H2,10,14)(H,11,12,13). The van der Waals surface area contributed by atoms with Crippen LogP contribution in [-0.2, 0) is 4.79 Å². The molecule has 0 aliphatic carbocycles. The molecule has 1 heterocycles. The van der Waals surface area contributed by atoms with Crippen LogP contribution in [0.15, 0.2) is 22.2 Å². The molecule has 0 aliphatic rings. The first kappa shape index (κ1) is 11.7. The second-order valence-corrected chi connectivity index (χ2v) is 3.97. The highest BCUT2D eigenvalue weighted by Gasteiger charge is 2.08. The van der Waals surface area contributed by atoms with Gasteiger partial charge < -0.3 is 16.5 Å². The second-order valence-electron chi connectivity index (χ2n) is 2.89. The van der Waals surface area contributed by atoms with Crippen LogP contribution in [-0.4, -0.2) is 27.7 Å². The van der Waals surface area contributed by atoms with Gasteiger partial charge in [0.15, 0.2) is 5.16 Å². The van der Waals surface area contributed by atoms with E-state index in [-0.39, 0.29) is 5.56 Å². The zero-order valence-electron chi connectivity index (χ0n) is 7.97. The predicted molar refractivity (Wildman–Crippen MR) is 57.4 cm³/mol. The van der Waals surface area contributed by atoms with Crippen molar-refractivity contribution < 1.29 is 4.79 Å². The number of nitrogens with one attached hydrogen (secondary N) is 1. The number of rotatable bonds is 5. The van der Waals surface area contributed by atoms with Gasteiger partial charge in [-0.25, -0.2) is 4.98 Å². The molecule has 0 spiro atoms. The van der Waals surface area contributed by atoms with Crippen molar-refractivity contribution in [3.8, 4) is 0 Å². The van der Waals surface area contributed by atoms with Crippen molar-refractivity contribution >= 4 is 17.7 Å². The van der Waals surface area contributed by atoms with E-state index in [0.717, 1.165) is 0 Å². The van der Waals surface area contributed by atoms with E-state index in [1.807, 2.05) is 0 Å². The number of nitrogens with two attached hydrogens (primary N) is 2. The third-order valence-electron chi connectivity index (χ3n) is 1.68. The van der Waals surface area contributed by atoms with Crippen LogP contribution < -0.4 is 17.0 Å². The lowest BCUT2D eigenvalue weighted by molar-refractivity contribution is -0.119. The Labute approximate surface area is 90.5 Å². The lowest BCUT2D eigenvalue weighted by Gasteiger charge is -2.05. The number of carbonyl (C=O) groups is 1. The zero-order chi connectivity index (χ0) is 11.3. The topological polar surface area (TPSA) is 115 Å². The summed E-state index contributed by atoms with van der Waals surface area (Å²) >= 11 is 1.33. The minimum atomic E-state index is -0.645. The maximum absolute atomic E-state index is 10.9. The highest BCUT2D eigenvalue weighted by atomic mass is 32.2. The van der Waals surface area contributed by atoms with E-state index in [0.29, 0.717) is 17.3 Å². The smallest absolute Gasteiger partial charge is 0.251 e. The summed E-state index contributed by atoms with van der Waals surface area (Å²) in [6, 6.07) is 0.687. The van der Waals surface area contributed by atoms with E-state index in [9.17, 15) is 9.59 Å². The molecule has 0 saturated heterocycles. The maximum atomic E-state index is 10.9. The quantitative estimate of drug-likeness (QED) is 0.444. The molecule has 1 atom stereocenters. The molecule has 0 aliphatic heterocycles. The van der Waals surface area contributed by atoms with Gasteiger partial charge in [0, 0.05) is 18.0 Å². The molecular formula is C8H12N4O2S. The van der Waals surface area contributed by atoms with Crippen molar-refractivity contribution in [1.29, 1.82) is 0 Å². The molecule has 5 N–H and O–H groups in total. The molecule has 1 aromatic heterocycles. The molecule has 0 bridgehead atoms. The monoisotopic (exact) mass is 228 g/mol. The molecule has 1 aromatic rings. The number of primary amides is 1. The van der Waals surface area contributed by atoms with Gasteiger partial charge in [0.1, 0.15) is 0 Å². The Morgan fingerprint density at radius 2 is 2.40 bits per heavy atom. The fourth-order valence-corrected chi connectivity index (χ4v) is 1.72. The normalized spacial score (nSPS) is 12.3. The minimum Gasteiger partial charge on any atom is -0.368 e. The third-order valence-corrected chi connectivity index (χ3v) is 2.60. The number of hydrogen-bond donors (Lipinski definition) is 3. The Morgan fingerprint density at radius 3 is 3.00 bits per heavy atom. The Balaban J connectivity index is 2.38. The van der Waals surface area contributed by atoms with E-state index in [1.165, 1.54) is 24.0 Å². The van der Waals surface area contributed by atoms with Crippen molar-refractivity contribution in [2.45, 2.75) is 17.6 Å². The van der Waals surface area contributed by atoms with E-state index in [4.69, 9.17) is 11.5 Å². The Hall–Kier alpha value is -1.34. The van der Waals surface area contributed by atoms with Gasteiger partial charge in [0.05, 0.1) is 6.04 Å². The Kier molecular flexibility index (Phi) is 4.32. The number of carbonyl (C=O) groups excluding carboxylic acids is 1. The van der Waals surface area contributed by atoms with Gasteiger partial charge in [-0.1, -0.05) is 11.8 Å². The summed E-state index contributed by atoms with van der Waals surface area (Å²) in [5, 5.41) is 0.513. The highest BCUT2D eigenvalue weighted by molar-refractivity contribution is 7.99. The number of hydrogen-bond acceptors (Lipinski definition) is 5. The van der Waals surface area contributed by atoms with E-state index < -0.39 is 11.9 Å². The van der Waals surface area contributed by atoms with Crippen molar-refractivity contribution in [2.75, 3.05) is 5.75 Å². The van der Waals surface area contributed by atoms with E-state index >= 15 is 0 Å². The molecule has 7 heteroatoms. The molecule has 0 radical (unpaired) electrons. The highest BCUT2D eigenvalue weighted by Crippen LogP contribution is 2.11. The van der Waals surface area contributed by atoms with Crippen LogP contribution in [0.2, 0.25) is 0 Å². The first-order valence-electron chi connectivity index (χ1n) is 4.32. The number of H-pyrrole nitrogens is 1. The van der Waals surface area contributed by atoms with Crippen molar-refractivity contribution in [2.24, 2.45) is 11.5 Å². The third kappa shape index (κ3) is 4.13. The van der Waals surface area contributed by atoms with Crippen LogP contribution in [0.5, 0.6) is 0 Å². The number of nitrogens with zero attached hydrogens (tertiary/aromatic N) is 1. The molecule has 82 valence electrons. The van der Waals surface area contributed by atoms with Crippen molar-refractivity contribution in [3.63, 3.8) is 0 Å². The lowest BCUT2D eigenvalue weighted by atomic mass is 10.2. The number of aromatic nitrogens is 2. The van der Waals surface area contributed by atoms with Crippen LogP contribution in [0.4, 0.5) is 0 Å². The Morgan fingerprint density at radius 1 is 1.67 bits per heavy atom. The van der Waals surface area contributed by atoms with Crippen molar-refractivity contribution in [1.82, 2.24) is 9.97 Å². The summed E-state index contributed by atoms with van der Waals surface area (Å²) in [7, 11) is 0. The SMILES string of the molecule is NC(=O)C(N)CCSc1nccc(=O)[nH]1. The number of thioether (sulfide) groups is 1. The summed E-state index contributed by atoms with van der Waals surface area (Å²) in [5.74, 6) is 0.0574. The number of amides is 1. The average molecular weight is 228 g/mol. The van der Waals surface area contributed by atoms with Gasteiger partial charge in [0.2, 0.25) is 5.91 Å². The van der Waals surface area contributed by atoms with Gasteiger partial charge in [-0.05, 0) is 6.42 Å². The first-order valence-corrected chi connectivity index (χ1v) is 5.31. The van der Waals surface area contributed by atoms with Gasteiger partial charge in [-0.15, -0.1) is 0 Å². The predicted octanol–water partition coefficient (Wildman–Crippen LogP) is -0.935. The van der Waals surface area contributed by atoms with E-state index in [2.05, 4.69) is 9.97 Å². The van der Waals surface area contributed by atoms with Gasteiger partial charge in [0.25, 0.3) is 5.56 Å². The largest absolute Gasteiger partial charge is 0.368 e. The molecule has 1 rings (SSSR count). The fourth-order valence-electron chi connectivity index (χ4n) is 0.850. The fraction of sp³-hybridized carbons (Fsp3) is 0.375. The van der Waals surface area contributed by atoms with E-state index in [1.54, 1.807) is 0 Å². The average Bonchev–Trinajstić information content (AvgIpc) is 2.17. The summed E-state index contributed by atoms with van der Waals surface area (Å²) in [5.41, 5.74) is 10.2. The van der Waals surface area contributed by atoms with Crippen molar-refractivity contribution in [3.05, 3.63) is 22.6 Å². The molecule has 1 amide bonds. The van der Waals surface area contributed by atoms with Gasteiger partial charge >= 0.3 is 0 Å². The first-order chi connectivity index (χ1) is 7.09. The molecule has 15 heavy (non-hydrogen) atoms. The Bertz CT molecular complexity index is 392. The van der Waals surface area contributed by atoms with Crippen LogP contribution in [0, 0.1) is 0 Å². The maximum Gasteiger partial charge on any atom is 0.251 e. The lowest BCUT2D eigenvalue weighted by Crippen LogP contribution is -2.36. The van der Waals surface area contributed by atoms with Crippen LogP contribution in [0.3, 0.4) is 0 Å². The molecule has 6 nitrogen and oxygen atoms in total. The molecular weight excluding hydrogens is 216 g/mol. The molecule has 0 aromatic carbocycles. The second kappa shape index (κ2) is 5.52. The number of aromatic amines is 1. The van der Waals surface area contributed by atoms with Crippen LogP contribution in [0.25, 0.3) is 0 Å². The summed E-state index contributed by atoms with van der Waals surface area (Å²) in [4.78, 5) is 28.0. The van der Waals surface area contributed by atoms with Crippen LogP contribution in [0.1, 0.15) is 6.42 Å². The van der Waals surface area contributed by atoms with Gasteiger partial charge in [-0.2, -0.15) is 0 Å². The summed E-state index contributed by atoms with van der Waals surface area (Å²) < 4.78 is 0. The van der Waals surface area contributed by atoms with Crippen LogP contribution >= 0.6 is 11.8 Å². The molecule has 0 fully saturated rings. The summed E-state index contributed by atoms with van der Waals surface area (Å²) in [6.45, 7) is 0. The minimum absolute atomic E-state index is 0.202. The van der Waals surface area contributed by atoms with Gasteiger partial charge in [-0.3, -0.25) is 9.59 Å². The zero-order valence-corrected chi connectivity index (χ0v) is 8.79. The molecule has 0 saturated carbocycles. The molecule has 1 unspecified atom stereocenters.